The first-order valence-electron chi connectivity index (χ1n) is 7.63. The SMILES string of the molecule is CCOC(=O)Cn1nc(C2(F)CC2)c2cc(C(F)(F)F)ccc2c1=O. The van der Waals surface area contributed by atoms with Gasteiger partial charge in [-0.1, -0.05) is 0 Å². The monoisotopic (exact) mass is 358 g/mol. The minimum Gasteiger partial charge on any atom is -0.465 e. The number of hydrogen-bond donors (Lipinski definition) is 0. The van der Waals surface area contributed by atoms with E-state index in [4.69, 9.17) is 4.74 Å². The molecule has 9 heteroatoms. The van der Waals surface area contributed by atoms with E-state index < -0.39 is 35.5 Å². The Bertz CT molecular complexity index is 901. The molecule has 1 saturated carbocycles. The number of benzene rings is 1. The van der Waals surface area contributed by atoms with E-state index in [0.29, 0.717) is 0 Å². The second-order valence-electron chi connectivity index (χ2n) is 5.84. The smallest absolute Gasteiger partial charge is 0.416 e. The first kappa shape index (κ1) is 17.4. The van der Waals surface area contributed by atoms with E-state index >= 15 is 0 Å². The molecule has 3 rings (SSSR count). The van der Waals surface area contributed by atoms with Crippen LogP contribution < -0.4 is 5.56 Å². The molecular weight excluding hydrogens is 344 g/mol. The number of rotatable bonds is 4. The van der Waals surface area contributed by atoms with Gasteiger partial charge in [-0.3, -0.25) is 9.59 Å². The lowest BCUT2D eigenvalue weighted by Gasteiger charge is -2.14. The van der Waals surface area contributed by atoms with Gasteiger partial charge >= 0.3 is 12.1 Å². The number of esters is 1. The van der Waals surface area contributed by atoms with Crippen LogP contribution in [-0.2, 0) is 27.9 Å². The highest BCUT2D eigenvalue weighted by atomic mass is 19.4. The number of carbonyl (C=O) groups excluding carboxylic acids is 1. The van der Waals surface area contributed by atoms with Crippen LogP contribution in [0.3, 0.4) is 0 Å². The van der Waals surface area contributed by atoms with Crippen LogP contribution in [0.1, 0.15) is 31.0 Å². The van der Waals surface area contributed by atoms with Gasteiger partial charge in [0.15, 0.2) is 5.67 Å². The average Bonchev–Trinajstić information content (AvgIpc) is 3.27. The zero-order valence-electron chi connectivity index (χ0n) is 13.2. The minimum absolute atomic E-state index is 0.0933. The molecule has 0 atom stereocenters. The molecule has 1 aliphatic carbocycles. The van der Waals surface area contributed by atoms with Crippen molar-refractivity contribution in [3.05, 3.63) is 39.8 Å². The number of fused-ring (bicyclic) bond motifs is 1. The zero-order chi connectivity index (χ0) is 18.4. The summed E-state index contributed by atoms with van der Waals surface area (Å²) in [6.45, 7) is 1.14. The maximum atomic E-state index is 14.6. The molecule has 2 aromatic rings. The van der Waals surface area contributed by atoms with E-state index in [2.05, 4.69) is 5.10 Å². The fourth-order valence-corrected chi connectivity index (χ4v) is 2.58. The lowest BCUT2D eigenvalue weighted by Crippen LogP contribution is -2.30. The molecule has 5 nitrogen and oxygen atoms in total. The van der Waals surface area contributed by atoms with Crippen LogP contribution in [0.5, 0.6) is 0 Å². The number of halogens is 4. The van der Waals surface area contributed by atoms with E-state index in [1.165, 1.54) is 0 Å². The summed E-state index contributed by atoms with van der Waals surface area (Å²) in [6.07, 6.45) is -4.43. The number of ether oxygens (including phenoxy) is 1. The highest BCUT2D eigenvalue weighted by Crippen LogP contribution is 2.50. The fourth-order valence-electron chi connectivity index (χ4n) is 2.58. The summed E-state index contributed by atoms with van der Waals surface area (Å²) < 4.78 is 58.9. The number of nitrogens with zero attached hydrogens (tertiary/aromatic N) is 2. The number of carbonyl (C=O) groups is 1. The first-order valence-corrected chi connectivity index (χ1v) is 7.63. The lowest BCUT2D eigenvalue weighted by molar-refractivity contribution is -0.144. The largest absolute Gasteiger partial charge is 0.465 e. The molecule has 0 N–H and O–H groups in total. The Labute approximate surface area is 139 Å². The number of hydrogen-bond acceptors (Lipinski definition) is 4. The molecule has 0 saturated heterocycles. The summed E-state index contributed by atoms with van der Waals surface area (Å²) in [4.78, 5) is 24.0. The molecule has 0 bridgehead atoms. The van der Waals surface area contributed by atoms with Gasteiger partial charge in [-0.25, -0.2) is 9.07 Å². The number of alkyl halides is 4. The van der Waals surface area contributed by atoms with Gasteiger partial charge in [0, 0.05) is 5.39 Å². The van der Waals surface area contributed by atoms with Gasteiger partial charge in [-0.05, 0) is 38.0 Å². The van der Waals surface area contributed by atoms with Crippen LogP contribution in [-0.4, -0.2) is 22.4 Å². The van der Waals surface area contributed by atoms with Crippen molar-refractivity contribution in [1.29, 1.82) is 0 Å². The summed E-state index contributed by atoms with van der Waals surface area (Å²) in [5.74, 6) is -0.738. The van der Waals surface area contributed by atoms with Crippen LogP contribution in [0, 0.1) is 0 Å². The van der Waals surface area contributed by atoms with Gasteiger partial charge in [-0.2, -0.15) is 18.3 Å². The van der Waals surface area contributed by atoms with Crippen LogP contribution in [0.15, 0.2) is 23.0 Å². The summed E-state index contributed by atoms with van der Waals surface area (Å²) in [5, 5.41) is 3.54. The minimum atomic E-state index is -4.63. The van der Waals surface area contributed by atoms with Gasteiger partial charge in [0.1, 0.15) is 12.2 Å². The molecule has 25 heavy (non-hydrogen) atoms. The van der Waals surface area contributed by atoms with Crippen molar-refractivity contribution < 1.29 is 27.1 Å². The van der Waals surface area contributed by atoms with Gasteiger partial charge in [-0.15, -0.1) is 0 Å². The summed E-state index contributed by atoms with van der Waals surface area (Å²) in [5.41, 5.74) is -3.90. The van der Waals surface area contributed by atoms with E-state index in [1.54, 1.807) is 6.92 Å². The van der Waals surface area contributed by atoms with Crippen molar-refractivity contribution >= 4 is 16.7 Å². The van der Waals surface area contributed by atoms with Crippen molar-refractivity contribution in [2.24, 2.45) is 0 Å². The fraction of sp³-hybridized carbons (Fsp3) is 0.438. The van der Waals surface area contributed by atoms with Gasteiger partial charge < -0.3 is 4.74 Å². The Morgan fingerprint density at radius 2 is 2.00 bits per heavy atom. The third-order valence-corrected chi connectivity index (χ3v) is 3.99. The maximum Gasteiger partial charge on any atom is 0.416 e. The van der Waals surface area contributed by atoms with Gasteiger partial charge in [0.2, 0.25) is 0 Å². The zero-order valence-corrected chi connectivity index (χ0v) is 13.2. The molecular formula is C16H14F4N2O3. The van der Waals surface area contributed by atoms with Crippen LogP contribution in [0.25, 0.3) is 10.8 Å². The molecule has 1 fully saturated rings. The molecule has 0 amide bonds. The van der Waals surface area contributed by atoms with Gasteiger partial charge in [0.25, 0.3) is 5.56 Å². The highest BCUT2D eigenvalue weighted by molar-refractivity contribution is 5.85. The van der Waals surface area contributed by atoms with Crippen molar-refractivity contribution in [3.63, 3.8) is 0 Å². The molecule has 0 radical (unpaired) electrons. The first-order chi connectivity index (χ1) is 11.7. The predicted molar refractivity (Wildman–Crippen MR) is 79.7 cm³/mol. The molecule has 0 aliphatic heterocycles. The maximum absolute atomic E-state index is 14.6. The summed E-state index contributed by atoms with van der Waals surface area (Å²) in [7, 11) is 0. The average molecular weight is 358 g/mol. The molecule has 1 aliphatic rings. The summed E-state index contributed by atoms with van der Waals surface area (Å²) >= 11 is 0. The van der Waals surface area contributed by atoms with Crippen molar-refractivity contribution in [2.75, 3.05) is 6.61 Å². The Morgan fingerprint density at radius 3 is 2.56 bits per heavy atom. The standard InChI is InChI=1S/C16H14F4N2O3/c1-2-25-12(23)8-22-14(24)10-4-3-9(16(18,19)20)7-11(10)13(21-22)15(17)5-6-15/h3-4,7H,2,5-6,8H2,1H3. The van der Waals surface area contributed by atoms with Crippen molar-refractivity contribution in [1.82, 2.24) is 9.78 Å². The molecule has 1 aromatic heterocycles. The second kappa shape index (κ2) is 5.82. The quantitative estimate of drug-likeness (QED) is 0.623. The lowest BCUT2D eigenvalue weighted by atomic mass is 10.0. The highest BCUT2D eigenvalue weighted by Gasteiger charge is 2.48. The normalized spacial score (nSPS) is 16.0. The predicted octanol–water partition coefficient (Wildman–Crippen LogP) is 2.94. The Balaban J connectivity index is 2.21. The van der Waals surface area contributed by atoms with Gasteiger partial charge in [0.05, 0.1) is 17.6 Å². The van der Waals surface area contributed by atoms with E-state index in [9.17, 15) is 27.2 Å². The number of aromatic nitrogens is 2. The Kier molecular flexibility index (Phi) is 4.04. The van der Waals surface area contributed by atoms with Crippen LogP contribution >= 0.6 is 0 Å². The van der Waals surface area contributed by atoms with Crippen LogP contribution in [0.4, 0.5) is 17.6 Å². The molecule has 0 unspecified atom stereocenters. The molecule has 1 heterocycles. The third-order valence-electron chi connectivity index (χ3n) is 3.99. The molecule has 1 aromatic carbocycles. The topological polar surface area (TPSA) is 61.2 Å². The van der Waals surface area contributed by atoms with E-state index in [0.717, 1.165) is 22.9 Å². The molecule has 0 spiro atoms. The Hall–Kier alpha value is -2.45. The van der Waals surface area contributed by atoms with E-state index in [1.807, 2.05) is 0 Å². The van der Waals surface area contributed by atoms with Crippen molar-refractivity contribution in [3.8, 4) is 0 Å². The van der Waals surface area contributed by atoms with Crippen molar-refractivity contribution in [2.45, 2.75) is 38.2 Å². The summed E-state index contributed by atoms with van der Waals surface area (Å²) in [6, 6.07) is 2.46. The van der Waals surface area contributed by atoms with E-state index in [-0.39, 0.29) is 35.9 Å². The van der Waals surface area contributed by atoms with Crippen LogP contribution in [0.2, 0.25) is 0 Å². The second-order valence-corrected chi connectivity index (χ2v) is 5.84. The molecule has 134 valence electrons. The third kappa shape index (κ3) is 3.22. The Morgan fingerprint density at radius 1 is 1.32 bits per heavy atom.